The van der Waals surface area contributed by atoms with E-state index in [1.165, 1.54) is 21.9 Å². The summed E-state index contributed by atoms with van der Waals surface area (Å²) in [6, 6.07) is 12.6. The molecule has 1 N–H and O–H groups in total. The second-order valence-corrected chi connectivity index (χ2v) is 9.73. The van der Waals surface area contributed by atoms with E-state index < -0.39 is 16.1 Å². The molecule has 2 aromatic carbocycles. The van der Waals surface area contributed by atoms with Gasteiger partial charge >= 0.3 is 0 Å². The van der Waals surface area contributed by atoms with Crippen LogP contribution in [0.1, 0.15) is 55.5 Å². The van der Waals surface area contributed by atoms with Gasteiger partial charge in [0.2, 0.25) is 15.9 Å². The molecule has 5 nitrogen and oxygen atoms in total. The highest BCUT2D eigenvalue weighted by atomic mass is 32.2. The highest BCUT2D eigenvalue weighted by Gasteiger charge is 2.30. The largest absolute Gasteiger partial charge is 0.348 e. The topological polar surface area (TPSA) is 66.5 Å². The van der Waals surface area contributed by atoms with E-state index in [4.69, 9.17) is 0 Å². The number of fused-ring (bicyclic) bond motifs is 1. The van der Waals surface area contributed by atoms with Gasteiger partial charge in [-0.3, -0.25) is 9.10 Å². The molecule has 0 radical (unpaired) electrons. The van der Waals surface area contributed by atoms with Crippen LogP contribution < -0.4 is 9.62 Å². The van der Waals surface area contributed by atoms with Crippen molar-refractivity contribution in [3.8, 4) is 0 Å². The van der Waals surface area contributed by atoms with Crippen LogP contribution in [0.2, 0.25) is 0 Å². The Morgan fingerprint density at radius 1 is 1.07 bits per heavy atom. The van der Waals surface area contributed by atoms with Gasteiger partial charge in [0.25, 0.3) is 0 Å². The molecule has 0 heterocycles. The van der Waals surface area contributed by atoms with E-state index in [0.29, 0.717) is 5.69 Å². The smallest absolute Gasteiger partial charge is 0.244 e. The number of benzene rings is 2. The lowest BCUT2D eigenvalue weighted by molar-refractivity contribution is -0.122. The Kier molecular flexibility index (Phi) is 6.32. The molecule has 156 valence electrons. The normalized spacial score (nSPS) is 15.4. The van der Waals surface area contributed by atoms with Crippen molar-refractivity contribution in [3.05, 3.63) is 64.7 Å². The monoisotopic (exact) mass is 414 g/mol. The molecule has 29 heavy (non-hydrogen) atoms. The number of nitrogens with one attached hydrogen (secondary N) is 1. The lowest BCUT2D eigenvalue weighted by atomic mass is 10.0. The van der Waals surface area contributed by atoms with Gasteiger partial charge < -0.3 is 5.32 Å². The molecule has 3 rings (SSSR count). The Morgan fingerprint density at radius 2 is 1.72 bits per heavy atom. The molecular weight excluding hydrogens is 384 g/mol. The third kappa shape index (κ3) is 4.81. The Labute approximate surface area is 174 Å². The Hall–Kier alpha value is -2.34. The number of nitrogens with zero attached hydrogens (tertiary/aromatic N) is 1. The number of hydrogen-bond donors (Lipinski definition) is 1. The van der Waals surface area contributed by atoms with Crippen molar-refractivity contribution in [1.82, 2.24) is 5.32 Å². The fraction of sp³-hybridized carbons (Fsp3) is 0.435. The quantitative estimate of drug-likeness (QED) is 0.750. The molecule has 2 aromatic rings. The van der Waals surface area contributed by atoms with Crippen molar-refractivity contribution in [2.75, 3.05) is 10.6 Å². The van der Waals surface area contributed by atoms with Crippen LogP contribution in [0, 0.1) is 0 Å². The Morgan fingerprint density at radius 3 is 2.34 bits per heavy atom. The summed E-state index contributed by atoms with van der Waals surface area (Å²) < 4.78 is 26.1. The number of aryl methyl sites for hydroxylation is 3. The zero-order valence-corrected chi connectivity index (χ0v) is 18.4. The van der Waals surface area contributed by atoms with Crippen LogP contribution in [-0.4, -0.2) is 26.6 Å². The van der Waals surface area contributed by atoms with Crippen LogP contribution in [0.5, 0.6) is 0 Å². The van der Waals surface area contributed by atoms with Crippen LogP contribution in [0.25, 0.3) is 0 Å². The number of hydrogen-bond acceptors (Lipinski definition) is 3. The van der Waals surface area contributed by atoms with E-state index in [-0.39, 0.29) is 11.9 Å². The standard InChI is InChI=1S/C23H30N2O3S/c1-5-18-9-13-22(14-10-18)25(29(4,27)28)17(3)23(26)24-16(2)20-12-11-19-7-6-8-21(19)15-20/h9-17H,5-8H2,1-4H3,(H,24,26)/t16-,17-/m1/s1. The predicted molar refractivity (Wildman–Crippen MR) is 118 cm³/mol. The third-order valence-electron chi connectivity index (χ3n) is 5.67. The van der Waals surface area contributed by atoms with Crippen molar-refractivity contribution < 1.29 is 13.2 Å². The van der Waals surface area contributed by atoms with E-state index in [9.17, 15) is 13.2 Å². The molecule has 0 bridgehead atoms. The van der Waals surface area contributed by atoms with Gasteiger partial charge in [-0.25, -0.2) is 8.42 Å². The molecule has 1 aliphatic rings. The highest BCUT2D eigenvalue weighted by molar-refractivity contribution is 7.92. The summed E-state index contributed by atoms with van der Waals surface area (Å²) in [5, 5.41) is 2.99. The number of carbonyl (C=O) groups excluding carboxylic acids is 1. The summed E-state index contributed by atoms with van der Waals surface area (Å²) in [5.74, 6) is -0.317. The van der Waals surface area contributed by atoms with Crippen molar-refractivity contribution in [1.29, 1.82) is 0 Å². The van der Waals surface area contributed by atoms with Crippen LogP contribution >= 0.6 is 0 Å². The average molecular weight is 415 g/mol. The van der Waals surface area contributed by atoms with E-state index >= 15 is 0 Å². The Balaban J connectivity index is 1.78. The molecule has 0 fully saturated rings. The fourth-order valence-corrected chi connectivity index (χ4v) is 5.14. The number of rotatable bonds is 7. The van der Waals surface area contributed by atoms with Crippen LogP contribution in [-0.2, 0) is 34.1 Å². The highest BCUT2D eigenvalue weighted by Crippen LogP contribution is 2.26. The molecule has 1 amide bonds. The van der Waals surface area contributed by atoms with Gasteiger partial charge in [0.05, 0.1) is 18.0 Å². The van der Waals surface area contributed by atoms with Gasteiger partial charge in [0, 0.05) is 0 Å². The van der Waals surface area contributed by atoms with Crippen molar-refractivity contribution >= 4 is 21.6 Å². The minimum atomic E-state index is -3.62. The van der Waals surface area contributed by atoms with E-state index in [0.717, 1.165) is 36.6 Å². The van der Waals surface area contributed by atoms with Crippen LogP contribution in [0.4, 0.5) is 5.69 Å². The molecule has 6 heteroatoms. The van der Waals surface area contributed by atoms with Crippen molar-refractivity contribution in [2.45, 2.75) is 58.5 Å². The molecule has 0 saturated heterocycles. The number of sulfonamides is 1. The predicted octanol–water partition coefficient (Wildman–Crippen LogP) is 3.77. The molecule has 0 aromatic heterocycles. The van der Waals surface area contributed by atoms with Gasteiger partial charge in [0.1, 0.15) is 6.04 Å². The first kappa shape index (κ1) is 21.4. The molecule has 0 aliphatic heterocycles. The molecule has 0 spiro atoms. The van der Waals surface area contributed by atoms with Gasteiger partial charge in [-0.1, -0.05) is 37.3 Å². The zero-order valence-electron chi connectivity index (χ0n) is 17.6. The summed E-state index contributed by atoms with van der Waals surface area (Å²) in [7, 11) is -3.62. The first-order valence-electron chi connectivity index (χ1n) is 10.2. The number of anilines is 1. The summed E-state index contributed by atoms with van der Waals surface area (Å²) in [5.41, 5.74) is 5.40. The molecule has 0 unspecified atom stereocenters. The zero-order chi connectivity index (χ0) is 21.2. The maximum atomic E-state index is 12.9. The number of carbonyl (C=O) groups is 1. The minimum absolute atomic E-state index is 0.195. The summed E-state index contributed by atoms with van der Waals surface area (Å²) >= 11 is 0. The SMILES string of the molecule is CCc1ccc(N([C@H](C)C(=O)N[C@H](C)c2ccc3c(c2)CCC3)S(C)(=O)=O)cc1. The average Bonchev–Trinajstić information content (AvgIpc) is 3.15. The van der Waals surface area contributed by atoms with Crippen molar-refractivity contribution in [3.63, 3.8) is 0 Å². The number of amides is 1. The summed E-state index contributed by atoms with van der Waals surface area (Å²) in [6.07, 6.45) is 5.38. The van der Waals surface area contributed by atoms with Crippen LogP contribution in [0.15, 0.2) is 42.5 Å². The van der Waals surface area contributed by atoms with E-state index in [2.05, 4.69) is 23.5 Å². The van der Waals surface area contributed by atoms with Gasteiger partial charge in [0.15, 0.2) is 0 Å². The molecule has 0 saturated carbocycles. The molecular formula is C23H30N2O3S. The van der Waals surface area contributed by atoms with Gasteiger partial charge in [-0.2, -0.15) is 0 Å². The maximum absolute atomic E-state index is 12.9. The Bertz CT molecular complexity index is 984. The third-order valence-corrected chi connectivity index (χ3v) is 6.91. The lowest BCUT2D eigenvalue weighted by Crippen LogP contribution is -2.48. The minimum Gasteiger partial charge on any atom is -0.348 e. The van der Waals surface area contributed by atoms with Crippen molar-refractivity contribution in [2.24, 2.45) is 0 Å². The molecule has 2 atom stereocenters. The summed E-state index contributed by atoms with van der Waals surface area (Å²) in [4.78, 5) is 12.9. The fourth-order valence-electron chi connectivity index (χ4n) is 3.97. The van der Waals surface area contributed by atoms with Crippen LogP contribution in [0.3, 0.4) is 0 Å². The van der Waals surface area contributed by atoms with Gasteiger partial charge in [-0.05, 0) is 73.9 Å². The maximum Gasteiger partial charge on any atom is 0.244 e. The second-order valence-electron chi connectivity index (χ2n) is 7.87. The lowest BCUT2D eigenvalue weighted by Gasteiger charge is -2.29. The second kappa shape index (κ2) is 8.57. The summed E-state index contributed by atoms with van der Waals surface area (Å²) in [6.45, 7) is 5.60. The van der Waals surface area contributed by atoms with E-state index in [1.807, 2.05) is 26.0 Å². The van der Waals surface area contributed by atoms with Gasteiger partial charge in [-0.15, -0.1) is 0 Å². The molecule has 1 aliphatic carbocycles. The van der Waals surface area contributed by atoms with E-state index in [1.54, 1.807) is 19.1 Å². The first-order valence-corrected chi connectivity index (χ1v) is 12.1. The first-order chi connectivity index (χ1) is 13.7.